The summed E-state index contributed by atoms with van der Waals surface area (Å²) in [5.41, 5.74) is 0.535. The average Bonchev–Trinajstić information content (AvgIpc) is 2.25. The first-order valence-electron chi connectivity index (χ1n) is 5.60. The van der Waals surface area contributed by atoms with E-state index in [1.807, 2.05) is 13.8 Å². The molecule has 0 saturated heterocycles. The molecule has 0 bridgehead atoms. The van der Waals surface area contributed by atoms with Gasteiger partial charge in [-0.3, -0.25) is 4.79 Å². The molecule has 0 aromatic heterocycles. The summed E-state index contributed by atoms with van der Waals surface area (Å²) in [7, 11) is 0. The van der Waals surface area contributed by atoms with E-state index in [2.05, 4.69) is 0 Å². The molecule has 1 aromatic carbocycles. The molecule has 1 rings (SSSR count). The molecular weight excluding hydrogens is 259 g/mol. The van der Waals surface area contributed by atoms with Crippen molar-refractivity contribution in [2.24, 2.45) is 0 Å². The molecule has 0 atom stereocenters. The number of hydrogen-bond donors (Lipinski definition) is 0. The van der Waals surface area contributed by atoms with E-state index in [1.165, 1.54) is 0 Å². The lowest BCUT2D eigenvalue weighted by Gasteiger charge is -2.11. The van der Waals surface area contributed by atoms with E-state index < -0.39 is 0 Å². The van der Waals surface area contributed by atoms with Crippen molar-refractivity contribution >= 4 is 29.0 Å². The van der Waals surface area contributed by atoms with Gasteiger partial charge in [-0.2, -0.15) is 0 Å². The SMILES string of the molecule is CC(C)Oc1ccc(C(=O)CCCCl)c(Cl)c1. The van der Waals surface area contributed by atoms with Gasteiger partial charge >= 0.3 is 0 Å². The Morgan fingerprint density at radius 1 is 1.41 bits per heavy atom. The van der Waals surface area contributed by atoms with Gasteiger partial charge in [0.15, 0.2) is 5.78 Å². The fraction of sp³-hybridized carbons (Fsp3) is 0.462. The van der Waals surface area contributed by atoms with E-state index in [1.54, 1.807) is 18.2 Å². The smallest absolute Gasteiger partial charge is 0.164 e. The van der Waals surface area contributed by atoms with Gasteiger partial charge in [-0.15, -0.1) is 11.6 Å². The molecular formula is C13H16Cl2O2. The van der Waals surface area contributed by atoms with Crippen LogP contribution >= 0.6 is 23.2 Å². The second kappa shape index (κ2) is 6.87. The Morgan fingerprint density at radius 3 is 2.65 bits per heavy atom. The molecule has 0 amide bonds. The lowest BCUT2D eigenvalue weighted by atomic mass is 10.1. The number of ketones is 1. The largest absolute Gasteiger partial charge is 0.491 e. The number of carbonyl (C=O) groups excluding carboxylic acids is 1. The molecule has 0 saturated carbocycles. The Kier molecular flexibility index (Phi) is 5.79. The first-order chi connectivity index (χ1) is 8.04. The summed E-state index contributed by atoms with van der Waals surface area (Å²) >= 11 is 11.6. The van der Waals surface area contributed by atoms with E-state index in [4.69, 9.17) is 27.9 Å². The fourth-order valence-corrected chi connectivity index (χ4v) is 1.84. The monoisotopic (exact) mass is 274 g/mol. The van der Waals surface area contributed by atoms with E-state index in [0.29, 0.717) is 35.1 Å². The van der Waals surface area contributed by atoms with E-state index in [9.17, 15) is 4.79 Å². The van der Waals surface area contributed by atoms with Crippen LogP contribution in [0.25, 0.3) is 0 Å². The predicted octanol–water partition coefficient (Wildman–Crippen LogP) is 4.33. The number of Topliss-reactive ketones (excluding diaryl/α,β-unsaturated/α-hetero) is 1. The third-order valence-electron chi connectivity index (χ3n) is 2.15. The van der Waals surface area contributed by atoms with Crippen LogP contribution in [0.4, 0.5) is 0 Å². The Bertz CT molecular complexity index is 389. The van der Waals surface area contributed by atoms with Crippen molar-refractivity contribution in [2.45, 2.75) is 32.8 Å². The van der Waals surface area contributed by atoms with Gasteiger partial charge in [0.05, 0.1) is 11.1 Å². The maximum atomic E-state index is 11.8. The maximum absolute atomic E-state index is 11.8. The molecule has 4 heteroatoms. The summed E-state index contributed by atoms with van der Waals surface area (Å²) in [5, 5.41) is 0.433. The van der Waals surface area contributed by atoms with Crippen LogP contribution in [0.15, 0.2) is 18.2 Å². The molecule has 0 unspecified atom stereocenters. The quantitative estimate of drug-likeness (QED) is 0.570. The zero-order chi connectivity index (χ0) is 12.8. The molecule has 0 aliphatic rings. The highest BCUT2D eigenvalue weighted by Gasteiger charge is 2.11. The zero-order valence-electron chi connectivity index (χ0n) is 10.0. The zero-order valence-corrected chi connectivity index (χ0v) is 11.5. The van der Waals surface area contributed by atoms with Gasteiger partial charge < -0.3 is 4.74 Å². The maximum Gasteiger partial charge on any atom is 0.164 e. The molecule has 1 aromatic rings. The number of rotatable bonds is 6. The summed E-state index contributed by atoms with van der Waals surface area (Å²) in [5.74, 6) is 1.18. The summed E-state index contributed by atoms with van der Waals surface area (Å²) in [6.07, 6.45) is 1.18. The van der Waals surface area contributed by atoms with Crippen molar-refractivity contribution < 1.29 is 9.53 Å². The average molecular weight is 275 g/mol. The number of hydrogen-bond acceptors (Lipinski definition) is 2. The lowest BCUT2D eigenvalue weighted by Crippen LogP contribution is -2.06. The van der Waals surface area contributed by atoms with Crippen molar-refractivity contribution in [1.82, 2.24) is 0 Å². The van der Waals surface area contributed by atoms with Crippen molar-refractivity contribution in [3.05, 3.63) is 28.8 Å². The van der Waals surface area contributed by atoms with Crippen LogP contribution in [0.2, 0.25) is 5.02 Å². The Balaban J connectivity index is 2.78. The Morgan fingerprint density at radius 2 is 2.12 bits per heavy atom. The molecule has 2 nitrogen and oxygen atoms in total. The normalized spacial score (nSPS) is 10.6. The van der Waals surface area contributed by atoms with Crippen LogP contribution in [-0.2, 0) is 0 Å². The van der Waals surface area contributed by atoms with Crippen LogP contribution < -0.4 is 4.74 Å². The van der Waals surface area contributed by atoms with Gasteiger partial charge in [0.25, 0.3) is 0 Å². The number of carbonyl (C=O) groups is 1. The van der Waals surface area contributed by atoms with Crippen molar-refractivity contribution in [1.29, 1.82) is 0 Å². The number of halogens is 2. The predicted molar refractivity (Wildman–Crippen MR) is 71.5 cm³/mol. The van der Waals surface area contributed by atoms with Gasteiger partial charge in [-0.1, -0.05) is 11.6 Å². The third kappa shape index (κ3) is 4.57. The first-order valence-corrected chi connectivity index (χ1v) is 6.51. The Hall–Kier alpha value is -0.730. The van der Waals surface area contributed by atoms with Gasteiger partial charge in [0, 0.05) is 17.9 Å². The van der Waals surface area contributed by atoms with E-state index in [-0.39, 0.29) is 11.9 Å². The van der Waals surface area contributed by atoms with Gasteiger partial charge in [0.2, 0.25) is 0 Å². The molecule has 0 N–H and O–H groups in total. The van der Waals surface area contributed by atoms with Crippen molar-refractivity contribution in [3.63, 3.8) is 0 Å². The van der Waals surface area contributed by atoms with E-state index in [0.717, 1.165) is 0 Å². The summed E-state index contributed by atoms with van der Waals surface area (Å²) in [4.78, 5) is 11.8. The number of ether oxygens (including phenoxy) is 1. The second-order valence-electron chi connectivity index (χ2n) is 4.02. The molecule has 0 aliphatic heterocycles. The van der Waals surface area contributed by atoms with Crippen LogP contribution in [0.3, 0.4) is 0 Å². The highest BCUT2D eigenvalue weighted by Crippen LogP contribution is 2.24. The van der Waals surface area contributed by atoms with Crippen LogP contribution in [-0.4, -0.2) is 17.8 Å². The van der Waals surface area contributed by atoms with Crippen LogP contribution in [0.5, 0.6) is 5.75 Å². The summed E-state index contributed by atoms with van der Waals surface area (Å²) in [6, 6.07) is 5.14. The highest BCUT2D eigenvalue weighted by atomic mass is 35.5. The topological polar surface area (TPSA) is 26.3 Å². The van der Waals surface area contributed by atoms with Crippen molar-refractivity contribution in [3.8, 4) is 5.75 Å². The minimum atomic E-state index is 0.0201. The summed E-state index contributed by atoms with van der Waals surface area (Å²) < 4.78 is 5.49. The second-order valence-corrected chi connectivity index (χ2v) is 4.81. The van der Waals surface area contributed by atoms with Gasteiger partial charge in [-0.05, 0) is 38.5 Å². The van der Waals surface area contributed by atoms with Gasteiger partial charge in [-0.25, -0.2) is 0 Å². The molecule has 17 heavy (non-hydrogen) atoms. The summed E-state index contributed by atoms with van der Waals surface area (Å²) in [6.45, 7) is 3.88. The minimum Gasteiger partial charge on any atom is -0.491 e. The molecule has 0 spiro atoms. The standard InChI is InChI=1S/C13H16Cl2O2/c1-9(2)17-10-5-6-11(12(15)8-10)13(16)4-3-7-14/h5-6,8-9H,3-4,7H2,1-2H3. The third-order valence-corrected chi connectivity index (χ3v) is 2.73. The molecule has 0 fully saturated rings. The lowest BCUT2D eigenvalue weighted by molar-refractivity contribution is 0.0982. The molecule has 94 valence electrons. The molecule has 0 heterocycles. The first kappa shape index (κ1) is 14.3. The van der Waals surface area contributed by atoms with Gasteiger partial charge in [0.1, 0.15) is 5.75 Å². The van der Waals surface area contributed by atoms with E-state index >= 15 is 0 Å². The highest BCUT2D eigenvalue weighted by molar-refractivity contribution is 6.34. The minimum absolute atomic E-state index is 0.0201. The fourth-order valence-electron chi connectivity index (χ4n) is 1.43. The number of benzene rings is 1. The number of alkyl halides is 1. The van der Waals surface area contributed by atoms with Crippen molar-refractivity contribution in [2.75, 3.05) is 5.88 Å². The Labute approximate surface area is 112 Å². The van der Waals surface area contributed by atoms with Crippen LogP contribution in [0.1, 0.15) is 37.0 Å². The molecule has 0 aliphatic carbocycles. The van der Waals surface area contributed by atoms with Crippen LogP contribution in [0, 0.1) is 0 Å². The molecule has 0 radical (unpaired) electrons.